The molecule has 184 valence electrons. The van der Waals surface area contributed by atoms with Crippen LogP contribution < -0.4 is 14.9 Å². The highest BCUT2D eigenvalue weighted by Gasteiger charge is 2.41. The van der Waals surface area contributed by atoms with Gasteiger partial charge in [-0.1, -0.05) is 25.3 Å². The molecule has 0 bridgehead atoms. The van der Waals surface area contributed by atoms with E-state index in [-0.39, 0.29) is 12.1 Å². The summed E-state index contributed by atoms with van der Waals surface area (Å²) >= 11 is 5.84. The van der Waals surface area contributed by atoms with Crippen LogP contribution in [0.1, 0.15) is 67.1 Å². The van der Waals surface area contributed by atoms with Gasteiger partial charge in [0.25, 0.3) is 0 Å². The third-order valence-electron chi connectivity index (χ3n) is 6.96. The molecule has 5 rings (SSSR count). The number of pyridine rings is 1. The topological polar surface area (TPSA) is 79.3 Å². The Hall–Kier alpha value is -2.91. The molecule has 1 aromatic carbocycles. The molecule has 2 fully saturated rings. The predicted molar refractivity (Wildman–Crippen MR) is 144 cm³/mol. The second-order valence-electron chi connectivity index (χ2n) is 9.55. The summed E-state index contributed by atoms with van der Waals surface area (Å²) in [4.78, 5) is 6.77. The van der Waals surface area contributed by atoms with E-state index in [2.05, 4.69) is 42.9 Å². The van der Waals surface area contributed by atoms with Gasteiger partial charge in [0.05, 0.1) is 29.7 Å². The first-order valence-corrected chi connectivity index (χ1v) is 14.4. The smallest absolute Gasteiger partial charge is 0.229 e. The number of rotatable bonds is 6. The normalized spacial score (nSPS) is 21.2. The fourth-order valence-corrected chi connectivity index (χ4v) is 6.27. The first kappa shape index (κ1) is 23.8. The molecule has 1 saturated carbocycles. The second-order valence-corrected chi connectivity index (χ2v) is 11.7. The Morgan fingerprint density at radius 1 is 1.11 bits per heavy atom. The van der Waals surface area contributed by atoms with Gasteiger partial charge in [-0.2, -0.15) is 0 Å². The number of benzene rings is 1. The fourth-order valence-electron chi connectivity index (χ4n) is 5.30. The maximum atomic E-state index is 11.8. The number of anilines is 2. The lowest BCUT2D eigenvalue weighted by Crippen LogP contribution is -2.29. The van der Waals surface area contributed by atoms with Gasteiger partial charge in [0.15, 0.2) is 5.11 Å². The zero-order chi connectivity index (χ0) is 24.6. The van der Waals surface area contributed by atoms with Crippen LogP contribution in [0.4, 0.5) is 11.4 Å². The molecule has 3 heterocycles. The minimum atomic E-state index is -3.36. The van der Waals surface area contributed by atoms with Gasteiger partial charge >= 0.3 is 0 Å². The van der Waals surface area contributed by atoms with Gasteiger partial charge in [0.2, 0.25) is 10.0 Å². The van der Waals surface area contributed by atoms with Crippen LogP contribution in [0, 0.1) is 6.92 Å². The van der Waals surface area contributed by atoms with Gasteiger partial charge < -0.3 is 14.8 Å². The number of nitrogens with one attached hydrogen (secondary N) is 2. The Balaban J connectivity index is 1.54. The largest absolute Gasteiger partial charge is 0.351 e. The molecule has 2 unspecified atom stereocenters. The van der Waals surface area contributed by atoms with E-state index >= 15 is 0 Å². The Morgan fingerprint density at radius 2 is 1.91 bits per heavy atom. The van der Waals surface area contributed by atoms with Crippen LogP contribution in [0.2, 0.25) is 0 Å². The number of aromatic nitrogens is 2. The van der Waals surface area contributed by atoms with E-state index < -0.39 is 10.0 Å². The maximum Gasteiger partial charge on any atom is 0.229 e. The predicted octanol–water partition coefficient (Wildman–Crippen LogP) is 5.25. The molecule has 2 aromatic heterocycles. The Labute approximate surface area is 212 Å². The molecule has 2 aliphatic rings. The van der Waals surface area contributed by atoms with Gasteiger partial charge in [0.1, 0.15) is 0 Å². The third-order valence-corrected chi connectivity index (χ3v) is 7.86. The summed E-state index contributed by atoms with van der Waals surface area (Å²) in [6, 6.07) is 14.2. The standard InChI is InChI=1S/C26H31N5O2S2/c1-18-16-21(11-12-22(18)29-35(2,32)33)31-25(24(28-26(31)34)23-10-6-7-14-27-23)19-13-15-30(17-19)20-8-4-3-5-9-20/h6-7,10-17,20,24-25,29H,3-5,8-9H2,1-2H3,(H,28,34). The molecule has 7 nitrogen and oxygen atoms in total. The monoisotopic (exact) mass is 509 g/mol. The number of hydrogen-bond donors (Lipinski definition) is 2. The van der Waals surface area contributed by atoms with E-state index in [9.17, 15) is 8.42 Å². The molecule has 1 aliphatic heterocycles. The number of aryl methyl sites for hydroxylation is 1. The SMILES string of the molecule is Cc1cc(N2C(=S)NC(c3ccccn3)C2c2ccn(C3CCCCC3)c2)ccc1NS(C)(=O)=O. The van der Waals surface area contributed by atoms with Crippen molar-refractivity contribution in [2.75, 3.05) is 15.9 Å². The van der Waals surface area contributed by atoms with E-state index in [0.717, 1.165) is 23.2 Å². The molecule has 0 radical (unpaired) electrons. The fraction of sp³-hybridized carbons (Fsp3) is 0.385. The molecule has 2 atom stereocenters. The number of nitrogens with zero attached hydrogens (tertiary/aromatic N) is 3. The van der Waals surface area contributed by atoms with Gasteiger partial charge in [-0.05, 0) is 79.5 Å². The molecule has 1 aliphatic carbocycles. The van der Waals surface area contributed by atoms with Crippen LogP contribution >= 0.6 is 12.2 Å². The van der Waals surface area contributed by atoms with Crippen LogP contribution in [-0.2, 0) is 10.0 Å². The summed E-state index contributed by atoms with van der Waals surface area (Å²) in [6.45, 7) is 1.90. The number of sulfonamides is 1. The summed E-state index contributed by atoms with van der Waals surface area (Å²) in [5.41, 5.74) is 4.41. The second kappa shape index (κ2) is 9.62. The highest BCUT2D eigenvalue weighted by Crippen LogP contribution is 2.43. The van der Waals surface area contributed by atoms with Crippen molar-refractivity contribution in [3.63, 3.8) is 0 Å². The molecule has 0 amide bonds. The van der Waals surface area contributed by atoms with Gasteiger partial charge in [-0.15, -0.1) is 0 Å². The average Bonchev–Trinajstić information content (AvgIpc) is 3.45. The Kier molecular flexibility index (Phi) is 6.55. The first-order chi connectivity index (χ1) is 16.8. The minimum absolute atomic E-state index is 0.0876. The zero-order valence-corrected chi connectivity index (χ0v) is 21.6. The zero-order valence-electron chi connectivity index (χ0n) is 20.0. The van der Waals surface area contributed by atoms with Crippen molar-refractivity contribution >= 4 is 38.7 Å². The molecule has 0 spiro atoms. The lowest BCUT2D eigenvalue weighted by molar-refractivity contribution is 0.353. The van der Waals surface area contributed by atoms with E-state index in [1.54, 1.807) is 6.07 Å². The Morgan fingerprint density at radius 3 is 2.60 bits per heavy atom. The minimum Gasteiger partial charge on any atom is -0.351 e. The van der Waals surface area contributed by atoms with Crippen molar-refractivity contribution in [1.29, 1.82) is 0 Å². The van der Waals surface area contributed by atoms with E-state index in [4.69, 9.17) is 12.2 Å². The summed E-state index contributed by atoms with van der Waals surface area (Å²) < 4.78 is 28.5. The van der Waals surface area contributed by atoms with Crippen molar-refractivity contribution in [3.05, 3.63) is 77.9 Å². The quantitative estimate of drug-likeness (QED) is 0.442. The number of thiocarbonyl (C=S) groups is 1. The van der Waals surface area contributed by atoms with Crippen LogP contribution in [0.3, 0.4) is 0 Å². The highest BCUT2D eigenvalue weighted by atomic mass is 32.2. The third kappa shape index (κ3) is 5.06. The van der Waals surface area contributed by atoms with E-state index in [1.807, 2.05) is 43.5 Å². The summed E-state index contributed by atoms with van der Waals surface area (Å²) in [5, 5.41) is 4.13. The molecular formula is C26H31N5O2S2. The summed E-state index contributed by atoms with van der Waals surface area (Å²) in [5.74, 6) is 0. The summed E-state index contributed by atoms with van der Waals surface area (Å²) in [7, 11) is -3.36. The van der Waals surface area contributed by atoms with E-state index in [0.29, 0.717) is 16.8 Å². The number of hydrogen-bond acceptors (Lipinski definition) is 4. The van der Waals surface area contributed by atoms with Crippen molar-refractivity contribution in [2.45, 2.75) is 57.2 Å². The maximum absolute atomic E-state index is 11.8. The molecule has 3 aromatic rings. The van der Waals surface area contributed by atoms with Crippen molar-refractivity contribution in [3.8, 4) is 0 Å². The van der Waals surface area contributed by atoms with E-state index in [1.165, 1.54) is 37.7 Å². The van der Waals surface area contributed by atoms with Crippen molar-refractivity contribution in [2.24, 2.45) is 0 Å². The molecule has 2 N–H and O–H groups in total. The average molecular weight is 510 g/mol. The first-order valence-electron chi connectivity index (χ1n) is 12.1. The molecule has 1 saturated heterocycles. The molecule has 35 heavy (non-hydrogen) atoms. The molecular weight excluding hydrogens is 478 g/mol. The van der Waals surface area contributed by atoms with Crippen LogP contribution in [0.5, 0.6) is 0 Å². The van der Waals surface area contributed by atoms with Crippen LogP contribution in [0.15, 0.2) is 61.1 Å². The summed E-state index contributed by atoms with van der Waals surface area (Å²) in [6.07, 6.45) is 13.8. The highest BCUT2D eigenvalue weighted by molar-refractivity contribution is 7.92. The molecule has 9 heteroatoms. The van der Waals surface area contributed by atoms with Gasteiger partial charge in [0, 0.05) is 30.3 Å². The van der Waals surface area contributed by atoms with Gasteiger partial charge in [-0.3, -0.25) is 9.71 Å². The van der Waals surface area contributed by atoms with Crippen molar-refractivity contribution < 1.29 is 8.42 Å². The van der Waals surface area contributed by atoms with Gasteiger partial charge in [-0.25, -0.2) is 8.42 Å². The Bertz CT molecular complexity index is 1320. The lowest BCUT2D eigenvalue weighted by Gasteiger charge is -2.28. The van der Waals surface area contributed by atoms with Crippen LogP contribution in [0.25, 0.3) is 0 Å². The lowest BCUT2D eigenvalue weighted by atomic mass is 9.95. The van der Waals surface area contributed by atoms with Crippen molar-refractivity contribution in [1.82, 2.24) is 14.9 Å². The van der Waals surface area contributed by atoms with Crippen LogP contribution in [-0.4, -0.2) is 29.3 Å².